The number of carbonyl (C=O) groups excluding carboxylic acids is 2. The van der Waals surface area contributed by atoms with E-state index in [1.54, 1.807) is 0 Å². The standard InChI is InChI=1S/C18H17N3O2/c1-12-15(17(22)20-14-10-6-3-7-11-14)16(21-18(23)19-12)13-8-4-2-5-9-13/h2-11,15-16H,1H2,(H,20,22)(H2,19,21,23). The monoisotopic (exact) mass is 307 g/mol. The number of rotatable bonds is 3. The molecular formula is C18H17N3O2. The maximum Gasteiger partial charge on any atom is 0.319 e. The van der Waals surface area contributed by atoms with E-state index in [-0.39, 0.29) is 11.9 Å². The third-order valence-corrected chi connectivity index (χ3v) is 3.75. The molecule has 1 heterocycles. The van der Waals surface area contributed by atoms with Crippen molar-refractivity contribution in [3.05, 3.63) is 78.5 Å². The highest BCUT2D eigenvalue weighted by atomic mass is 16.2. The molecule has 0 spiro atoms. The van der Waals surface area contributed by atoms with Crippen molar-refractivity contribution in [1.29, 1.82) is 0 Å². The molecule has 2 aromatic rings. The molecule has 5 nitrogen and oxygen atoms in total. The molecule has 0 bridgehead atoms. The average molecular weight is 307 g/mol. The van der Waals surface area contributed by atoms with Gasteiger partial charge in [0, 0.05) is 11.4 Å². The Morgan fingerprint density at radius 3 is 2.26 bits per heavy atom. The zero-order valence-corrected chi connectivity index (χ0v) is 12.5. The number of amides is 3. The van der Waals surface area contributed by atoms with E-state index in [2.05, 4.69) is 22.5 Å². The van der Waals surface area contributed by atoms with Crippen molar-refractivity contribution < 1.29 is 9.59 Å². The molecule has 2 unspecified atom stereocenters. The fourth-order valence-electron chi connectivity index (χ4n) is 2.67. The van der Waals surface area contributed by atoms with Gasteiger partial charge in [-0.15, -0.1) is 0 Å². The Labute approximate surface area is 134 Å². The lowest BCUT2D eigenvalue weighted by molar-refractivity contribution is -0.119. The van der Waals surface area contributed by atoms with Crippen molar-refractivity contribution in [2.45, 2.75) is 6.04 Å². The molecule has 23 heavy (non-hydrogen) atoms. The van der Waals surface area contributed by atoms with E-state index in [9.17, 15) is 9.59 Å². The van der Waals surface area contributed by atoms with E-state index in [1.165, 1.54) is 0 Å². The average Bonchev–Trinajstić information content (AvgIpc) is 2.55. The van der Waals surface area contributed by atoms with Crippen molar-refractivity contribution >= 4 is 17.6 Å². The number of carbonyl (C=O) groups is 2. The number of anilines is 1. The Hall–Kier alpha value is -3.08. The highest BCUT2D eigenvalue weighted by Gasteiger charge is 2.37. The summed E-state index contributed by atoms with van der Waals surface area (Å²) >= 11 is 0. The largest absolute Gasteiger partial charge is 0.330 e. The first-order chi connectivity index (χ1) is 11.1. The molecule has 1 aliphatic rings. The number of hydrogen-bond acceptors (Lipinski definition) is 2. The van der Waals surface area contributed by atoms with Gasteiger partial charge in [0.15, 0.2) is 0 Å². The van der Waals surface area contributed by atoms with Crippen LogP contribution >= 0.6 is 0 Å². The zero-order chi connectivity index (χ0) is 16.2. The van der Waals surface area contributed by atoms with Crippen LogP contribution in [-0.2, 0) is 4.79 Å². The van der Waals surface area contributed by atoms with Gasteiger partial charge in [-0.05, 0) is 17.7 Å². The molecule has 116 valence electrons. The summed E-state index contributed by atoms with van der Waals surface area (Å²) in [6, 6.07) is 17.8. The van der Waals surface area contributed by atoms with E-state index in [1.807, 2.05) is 60.7 Å². The third kappa shape index (κ3) is 3.23. The molecule has 0 radical (unpaired) electrons. The second-order valence-electron chi connectivity index (χ2n) is 5.35. The van der Waals surface area contributed by atoms with Crippen LogP contribution in [0.15, 0.2) is 72.9 Å². The normalized spacial score (nSPS) is 20.3. The number of para-hydroxylation sites is 1. The van der Waals surface area contributed by atoms with Crippen molar-refractivity contribution in [3.63, 3.8) is 0 Å². The minimum Gasteiger partial charge on any atom is -0.330 e. The van der Waals surface area contributed by atoms with E-state index in [0.717, 1.165) is 5.56 Å². The first-order valence-electron chi connectivity index (χ1n) is 7.32. The van der Waals surface area contributed by atoms with Gasteiger partial charge in [0.2, 0.25) is 5.91 Å². The molecule has 3 N–H and O–H groups in total. The zero-order valence-electron chi connectivity index (χ0n) is 12.5. The molecule has 3 amide bonds. The Bertz CT molecular complexity index is 728. The lowest BCUT2D eigenvalue weighted by Gasteiger charge is -2.33. The molecule has 0 saturated carbocycles. The predicted molar refractivity (Wildman–Crippen MR) is 88.6 cm³/mol. The first-order valence-corrected chi connectivity index (χ1v) is 7.32. The van der Waals surface area contributed by atoms with E-state index in [4.69, 9.17) is 0 Å². The van der Waals surface area contributed by atoms with Gasteiger partial charge in [-0.2, -0.15) is 0 Å². The maximum atomic E-state index is 12.7. The van der Waals surface area contributed by atoms with Crippen LogP contribution in [0.25, 0.3) is 0 Å². The smallest absolute Gasteiger partial charge is 0.319 e. The SMILES string of the molecule is C=C1NC(=O)NC(c2ccccc2)C1C(=O)Nc1ccccc1. The van der Waals surface area contributed by atoms with Crippen LogP contribution in [0.5, 0.6) is 0 Å². The minimum atomic E-state index is -0.602. The van der Waals surface area contributed by atoms with Crippen LogP contribution in [0.3, 0.4) is 0 Å². The fraction of sp³-hybridized carbons (Fsp3) is 0.111. The lowest BCUT2D eigenvalue weighted by Crippen LogP contribution is -2.51. The molecular weight excluding hydrogens is 290 g/mol. The summed E-state index contributed by atoms with van der Waals surface area (Å²) < 4.78 is 0. The van der Waals surface area contributed by atoms with E-state index >= 15 is 0 Å². The molecule has 0 aliphatic carbocycles. The summed E-state index contributed by atoms with van der Waals surface area (Å²) in [5.74, 6) is -0.821. The van der Waals surface area contributed by atoms with Gasteiger partial charge in [0.05, 0.1) is 6.04 Å². The van der Waals surface area contributed by atoms with Crippen molar-refractivity contribution in [3.8, 4) is 0 Å². The van der Waals surface area contributed by atoms with Gasteiger partial charge in [-0.25, -0.2) is 4.79 Å². The summed E-state index contributed by atoms with van der Waals surface area (Å²) in [7, 11) is 0. The van der Waals surface area contributed by atoms with Crippen LogP contribution in [0.2, 0.25) is 0 Å². The number of benzene rings is 2. The minimum absolute atomic E-state index is 0.220. The second kappa shape index (κ2) is 6.36. The third-order valence-electron chi connectivity index (χ3n) is 3.75. The number of urea groups is 1. The lowest BCUT2D eigenvalue weighted by atomic mass is 9.88. The van der Waals surface area contributed by atoms with Gasteiger partial charge in [-0.1, -0.05) is 55.1 Å². The van der Waals surface area contributed by atoms with Gasteiger partial charge >= 0.3 is 6.03 Å². The number of hydrogen-bond donors (Lipinski definition) is 3. The summed E-state index contributed by atoms with van der Waals surface area (Å²) in [5, 5.41) is 8.26. The summed E-state index contributed by atoms with van der Waals surface area (Å²) in [6.45, 7) is 3.85. The molecule has 2 aromatic carbocycles. The van der Waals surface area contributed by atoms with Gasteiger partial charge in [-0.3, -0.25) is 4.79 Å². The molecule has 1 fully saturated rings. The molecule has 1 aliphatic heterocycles. The molecule has 0 aromatic heterocycles. The Balaban J connectivity index is 1.88. The Kier molecular flexibility index (Phi) is 4.10. The fourth-order valence-corrected chi connectivity index (χ4v) is 2.67. The van der Waals surface area contributed by atoms with Gasteiger partial charge < -0.3 is 16.0 Å². The van der Waals surface area contributed by atoms with Crippen molar-refractivity contribution in [1.82, 2.24) is 10.6 Å². The maximum absolute atomic E-state index is 12.7. The highest BCUT2D eigenvalue weighted by Crippen LogP contribution is 2.30. The summed E-state index contributed by atoms with van der Waals surface area (Å²) in [6.07, 6.45) is 0. The summed E-state index contributed by atoms with van der Waals surface area (Å²) in [4.78, 5) is 24.5. The number of nitrogens with one attached hydrogen (secondary N) is 3. The topological polar surface area (TPSA) is 70.2 Å². The Morgan fingerprint density at radius 1 is 1.00 bits per heavy atom. The second-order valence-corrected chi connectivity index (χ2v) is 5.35. The quantitative estimate of drug-likeness (QED) is 0.816. The van der Waals surface area contributed by atoms with Crippen LogP contribution in [0.1, 0.15) is 11.6 Å². The molecule has 3 rings (SSSR count). The van der Waals surface area contributed by atoms with E-state index in [0.29, 0.717) is 11.4 Å². The van der Waals surface area contributed by atoms with Crippen molar-refractivity contribution in [2.24, 2.45) is 5.92 Å². The highest BCUT2D eigenvalue weighted by molar-refractivity contribution is 5.97. The molecule has 2 atom stereocenters. The first kappa shape index (κ1) is 14.8. The predicted octanol–water partition coefficient (Wildman–Crippen LogP) is 2.81. The molecule has 1 saturated heterocycles. The van der Waals surface area contributed by atoms with Crippen molar-refractivity contribution in [2.75, 3.05) is 5.32 Å². The van der Waals surface area contributed by atoms with Crippen LogP contribution in [0.4, 0.5) is 10.5 Å². The van der Waals surface area contributed by atoms with Gasteiger partial charge in [0.1, 0.15) is 5.92 Å². The van der Waals surface area contributed by atoms with Crippen LogP contribution in [-0.4, -0.2) is 11.9 Å². The van der Waals surface area contributed by atoms with E-state index < -0.39 is 12.0 Å². The molecule has 5 heteroatoms. The Morgan fingerprint density at radius 2 is 1.61 bits per heavy atom. The van der Waals surface area contributed by atoms with Crippen LogP contribution < -0.4 is 16.0 Å². The van der Waals surface area contributed by atoms with Crippen LogP contribution in [0, 0.1) is 5.92 Å². The van der Waals surface area contributed by atoms with Gasteiger partial charge in [0.25, 0.3) is 0 Å². The summed E-state index contributed by atoms with van der Waals surface area (Å²) in [5.41, 5.74) is 1.95.